The summed E-state index contributed by atoms with van der Waals surface area (Å²) in [4.78, 5) is 38.8. The minimum atomic E-state index is -0.596. The molecule has 178 valence electrons. The van der Waals surface area contributed by atoms with Crippen molar-refractivity contribution < 1.29 is 23.5 Å². The molecule has 1 aliphatic rings. The van der Waals surface area contributed by atoms with Gasteiger partial charge in [-0.2, -0.15) is 0 Å². The number of imide groups is 1. The van der Waals surface area contributed by atoms with Crippen LogP contribution >= 0.6 is 39.3 Å². The first-order valence-electron chi connectivity index (χ1n) is 10.3. The average molecular weight is 576 g/mol. The summed E-state index contributed by atoms with van der Waals surface area (Å²) in [5.74, 6) is -1.11. The molecular weight excluding hydrogens is 559 g/mol. The van der Waals surface area contributed by atoms with E-state index in [1.807, 2.05) is 0 Å². The van der Waals surface area contributed by atoms with Gasteiger partial charge in [-0.3, -0.25) is 19.3 Å². The molecular formula is C25H17BrClFN2O4S. The van der Waals surface area contributed by atoms with Gasteiger partial charge in [0, 0.05) is 26.3 Å². The number of hydrogen-bond donors (Lipinski definition) is 1. The first-order chi connectivity index (χ1) is 16.8. The zero-order chi connectivity index (χ0) is 24.9. The van der Waals surface area contributed by atoms with Crippen molar-refractivity contribution in [1.29, 1.82) is 0 Å². The molecule has 1 aliphatic heterocycles. The Hall–Kier alpha value is -3.14. The van der Waals surface area contributed by atoms with Gasteiger partial charge in [0.05, 0.1) is 4.91 Å². The summed E-state index contributed by atoms with van der Waals surface area (Å²) in [7, 11) is 0. The SMILES string of the molecule is O=C(CN1C(=O)S/C(=C\c2cc(Br)ccc2OCc2ccccc2F)C1=O)Nc1cccc(Cl)c1. The lowest BCUT2D eigenvalue weighted by molar-refractivity contribution is -0.127. The first-order valence-corrected chi connectivity index (χ1v) is 12.3. The van der Waals surface area contributed by atoms with Gasteiger partial charge in [0.25, 0.3) is 11.1 Å². The van der Waals surface area contributed by atoms with Crippen molar-refractivity contribution in [3.05, 3.63) is 98.1 Å². The van der Waals surface area contributed by atoms with Gasteiger partial charge in [-0.25, -0.2) is 4.39 Å². The van der Waals surface area contributed by atoms with Crippen molar-refractivity contribution in [2.45, 2.75) is 6.61 Å². The Morgan fingerprint density at radius 1 is 1.11 bits per heavy atom. The molecule has 0 radical (unpaired) electrons. The summed E-state index contributed by atoms with van der Waals surface area (Å²) >= 11 is 10.0. The summed E-state index contributed by atoms with van der Waals surface area (Å²) in [5, 5.41) is 2.49. The molecule has 3 aromatic carbocycles. The fourth-order valence-electron chi connectivity index (χ4n) is 3.22. The third kappa shape index (κ3) is 6.30. The molecule has 6 nitrogen and oxygen atoms in total. The number of nitrogens with one attached hydrogen (secondary N) is 1. The van der Waals surface area contributed by atoms with Crippen LogP contribution in [0.15, 0.2) is 76.1 Å². The fraction of sp³-hybridized carbons (Fsp3) is 0.0800. The summed E-state index contributed by atoms with van der Waals surface area (Å²) in [6, 6.07) is 18.0. The maximum atomic E-state index is 14.0. The monoisotopic (exact) mass is 574 g/mol. The van der Waals surface area contributed by atoms with Crippen LogP contribution in [-0.2, 0) is 16.2 Å². The smallest absolute Gasteiger partial charge is 0.294 e. The molecule has 3 aromatic rings. The second kappa shape index (κ2) is 11.1. The number of benzene rings is 3. The van der Waals surface area contributed by atoms with Crippen LogP contribution in [0.5, 0.6) is 5.75 Å². The maximum Gasteiger partial charge on any atom is 0.294 e. The van der Waals surface area contributed by atoms with Crippen LogP contribution < -0.4 is 10.1 Å². The van der Waals surface area contributed by atoms with Gasteiger partial charge in [-0.05, 0) is 60.3 Å². The Balaban J connectivity index is 1.49. The van der Waals surface area contributed by atoms with Crippen molar-refractivity contribution in [1.82, 2.24) is 4.90 Å². The van der Waals surface area contributed by atoms with Gasteiger partial charge in [0.2, 0.25) is 5.91 Å². The second-order valence-corrected chi connectivity index (χ2v) is 9.73. The first kappa shape index (κ1) is 25.0. The summed E-state index contributed by atoms with van der Waals surface area (Å²) in [6.07, 6.45) is 1.52. The van der Waals surface area contributed by atoms with E-state index in [-0.39, 0.29) is 17.3 Å². The van der Waals surface area contributed by atoms with E-state index in [1.54, 1.807) is 60.7 Å². The van der Waals surface area contributed by atoms with Gasteiger partial charge in [0.15, 0.2) is 0 Å². The lowest BCUT2D eigenvalue weighted by Gasteiger charge is -2.13. The predicted octanol–water partition coefficient (Wildman–Crippen LogP) is 6.50. The van der Waals surface area contributed by atoms with Crippen molar-refractivity contribution >= 4 is 68.1 Å². The van der Waals surface area contributed by atoms with E-state index >= 15 is 0 Å². The zero-order valence-corrected chi connectivity index (χ0v) is 21.1. The van der Waals surface area contributed by atoms with Crippen LogP contribution in [0.25, 0.3) is 6.08 Å². The highest BCUT2D eigenvalue weighted by atomic mass is 79.9. The van der Waals surface area contributed by atoms with Gasteiger partial charge < -0.3 is 10.1 Å². The molecule has 3 amide bonds. The van der Waals surface area contributed by atoms with Gasteiger partial charge >= 0.3 is 0 Å². The number of halogens is 3. The lowest BCUT2D eigenvalue weighted by Crippen LogP contribution is -2.36. The third-order valence-electron chi connectivity index (χ3n) is 4.88. The van der Waals surface area contributed by atoms with Crippen molar-refractivity contribution in [2.75, 3.05) is 11.9 Å². The highest BCUT2D eigenvalue weighted by Crippen LogP contribution is 2.35. The third-order valence-corrected chi connectivity index (χ3v) is 6.52. The average Bonchev–Trinajstić information content (AvgIpc) is 3.07. The van der Waals surface area contributed by atoms with Crippen LogP contribution in [0.4, 0.5) is 14.9 Å². The van der Waals surface area contributed by atoms with Crippen LogP contribution in [0.2, 0.25) is 5.02 Å². The highest BCUT2D eigenvalue weighted by Gasteiger charge is 2.36. The number of thioether (sulfide) groups is 1. The lowest BCUT2D eigenvalue weighted by atomic mass is 10.1. The largest absolute Gasteiger partial charge is 0.488 e. The molecule has 0 aromatic heterocycles. The van der Waals surface area contributed by atoms with Gasteiger partial charge in [0.1, 0.15) is 24.7 Å². The van der Waals surface area contributed by atoms with E-state index in [2.05, 4.69) is 21.2 Å². The number of carbonyl (C=O) groups is 3. The molecule has 1 fully saturated rings. The van der Waals surface area contributed by atoms with E-state index in [0.717, 1.165) is 21.1 Å². The molecule has 0 aliphatic carbocycles. The molecule has 0 unspecified atom stereocenters. The number of anilines is 1. The number of carbonyl (C=O) groups excluding carboxylic acids is 3. The number of hydrogen-bond acceptors (Lipinski definition) is 5. The summed E-state index contributed by atoms with van der Waals surface area (Å²) in [5.41, 5.74) is 1.35. The van der Waals surface area contributed by atoms with Crippen LogP contribution in [0.1, 0.15) is 11.1 Å². The van der Waals surface area contributed by atoms with E-state index in [1.165, 1.54) is 12.1 Å². The Morgan fingerprint density at radius 3 is 2.69 bits per heavy atom. The second-order valence-electron chi connectivity index (χ2n) is 7.39. The fourth-order valence-corrected chi connectivity index (χ4v) is 4.62. The minimum absolute atomic E-state index is 0.0136. The quantitative estimate of drug-likeness (QED) is 0.326. The predicted molar refractivity (Wildman–Crippen MR) is 138 cm³/mol. The Kier molecular flexibility index (Phi) is 7.90. The molecule has 0 bridgehead atoms. The van der Waals surface area contributed by atoms with Crippen LogP contribution in [-0.4, -0.2) is 28.5 Å². The van der Waals surface area contributed by atoms with Crippen molar-refractivity contribution in [2.24, 2.45) is 0 Å². The highest BCUT2D eigenvalue weighted by molar-refractivity contribution is 9.10. The van der Waals surface area contributed by atoms with Crippen LogP contribution in [0.3, 0.4) is 0 Å². The Morgan fingerprint density at radius 2 is 1.91 bits per heavy atom. The molecule has 1 saturated heterocycles. The molecule has 4 rings (SSSR count). The van der Waals surface area contributed by atoms with E-state index in [4.69, 9.17) is 16.3 Å². The molecule has 0 spiro atoms. The normalized spacial score (nSPS) is 14.5. The Bertz CT molecular complexity index is 1350. The number of ether oxygens (including phenoxy) is 1. The number of rotatable bonds is 7. The molecule has 0 atom stereocenters. The molecule has 35 heavy (non-hydrogen) atoms. The molecule has 1 N–H and O–H groups in total. The van der Waals surface area contributed by atoms with Crippen molar-refractivity contribution in [3.63, 3.8) is 0 Å². The minimum Gasteiger partial charge on any atom is -0.488 e. The number of amides is 3. The van der Waals surface area contributed by atoms with E-state index in [9.17, 15) is 18.8 Å². The maximum absolute atomic E-state index is 14.0. The van der Waals surface area contributed by atoms with E-state index < -0.39 is 23.6 Å². The topological polar surface area (TPSA) is 75.7 Å². The molecule has 10 heteroatoms. The summed E-state index contributed by atoms with van der Waals surface area (Å²) in [6.45, 7) is -0.454. The van der Waals surface area contributed by atoms with Crippen LogP contribution in [0, 0.1) is 5.82 Å². The van der Waals surface area contributed by atoms with Gasteiger partial charge in [-0.15, -0.1) is 0 Å². The standard InChI is InChI=1S/C25H17BrClFN2O4S/c26-17-8-9-21(34-14-15-4-1-2-7-20(15)28)16(10-17)11-22-24(32)30(25(33)35-22)13-23(31)29-19-6-3-5-18(27)12-19/h1-12H,13-14H2,(H,29,31)/b22-11-. The zero-order valence-electron chi connectivity index (χ0n) is 18.0. The van der Waals surface area contributed by atoms with Crippen molar-refractivity contribution in [3.8, 4) is 5.75 Å². The van der Waals surface area contributed by atoms with Gasteiger partial charge in [-0.1, -0.05) is 51.8 Å². The number of nitrogens with zero attached hydrogens (tertiary/aromatic N) is 1. The Labute approximate surface area is 218 Å². The summed E-state index contributed by atoms with van der Waals surface area (Å²) < 4.78 is 20.5. The van der Waals surface area contributed by atoms with E-state index in [0.29, 0.717) is 27.6 Å². The molecule has 0 saturated carbocycles. The molecule has 1 heterocycles.